The van der Waals surface area contributed by atoms with Gasteiger partial charge in [-0.15, -0.1) is 10.2 Å². The Hall–Kier alpha value is -1.99. The summed E-state index contributed by atoms with van der Waals surface area (Å²) in [5.41, 5.74) is 0.772. The Morgan fingerprint density at radius 2 is 2.35 bits per heavy atom. The van der Waals surface area contributed by atoms with Crippen molar-refractivity contribution in [3.05, 3.63) is 41.2 Å². The molecule has 0 aliphatic carbocycles. The Kier molecular flexibility index (Phi) is 3.37. The van der Waals surface area contributed by atoms with Gasteiger partial charge in [-0.2, -0.15) is 0 Å². The number of fused-ring (bicyclic) bond motifs is 1. The minimum absolute atomic E-state index is 0.339. The Labute approximate surface area is 119 Å². The molecule has 0 saturated carbocycles. The summed E-state index contributed by atoms with van der Waals surface area (Å²) in [5.74, 6) is -0.102. The van der Waals surface area contributed by atoms with E-state index in [1.807, 2.05) is 4.90 Å². The number of nitrogens with zero attached hydrogens (tertiary/aromatic N) is 5. The van der Waals surface area contributed by atoms with Gasteiger partial charge in [0.05, 0.1) is 23.8 Å². The lowest BCUT2D eigenvalue weighted by Gasteiger charge is -2.32. The van der Waals surface area contributed by atoms with Crippen molar-refractivity contribution in [2.75, 3.05) is 0 Å². The van der Waals surface area contributed by atoms with Crippen molar-refractivity contribution in [3.63, 3.8) is 0 Å². The number of aromatic nitrogens is 4. The molecular formula is C12H12ClN5O2. The average molecular weight is 294 g/mol. The molecule has 0 bridgehead atoms. The molecule has 8 heteroatoms. The van der Waals surface area contributed by atoms with Crippen molar-refractivity contribution >= 4 is 17.6 Å². The number of carboxylic acid groups (broad SMARTS) is 1. The van der Waals surface area contributed by atoms with Crippen LogP contribution >= 0.6 is 11.6 Å². The third-order valence-electron chi connectivity index (χ3n) is 3.29. The standard InChI is InChI=1S/C12H12ClN5O2/c13-8-1-2-9(14-3-8)4-17-6-11-16-15-7-18(11)5-10(17)12(19)20/h1-3,7,10H,4-6H2,(H,19,20). The van der Waals surface area contributed by atoms with E-state index in [2.05, 4.69) is 15.2 Å². The Balaban J connectivity index is 1.83. The molecular weight excluding hydrogens is 282 g/mol. The van der Waals surface area contributed by atoms with E-state index in [9.17, 15) is 9.90 Å². The number of hydrogen-bond donors (Lipinski definition) is 1. The van der Waals surface area contributed by atoms with Crippen molar-refractivity contribution < 1.29 is 9.90 Å². The van der Waals surface area contributed by atoms with E-state index < -0.39 is 12.0 Å². The maximum Gasteiger partial charge on any atom is 0.322 e. The first-order valence-corrected chi connectivity index (χ1v) is 6.45. The molecule has 20 heavy (non-hydrogen) atoms. The van der Waals surface area contributed by atoms with Gasteiger partial charge in [0.2, 0.25) is 0 Å². The van der Waals surface area contributed by atoms with Crippen LogP contribution in [0.2, 0.25) is 5.02 Å². The first kappa shape index (κ1) is 13.0. The third kappa shape index (κ3) is 2.50. The van der Waals surface area contributed by atoms with Crippen LogP contribution in [0.25, 0.3) is 0 Å². The molecule has 1 atom stereocenters. The van der Waals surface area contributed by atoms with Crippen LogP contribution in [0.5, 0.6) is 0 Å². The van der Waals surface area contributed by atoms with Gasteiger partial charge in [0, 0.05) is 12.7 Å². The third-order valence-corrected chi connectivity index (χ3v) is 3.51. The summed E-state index contributed by atoms with van der Waals surface area (Å²) in [4.78, 5) is 17.4. The van der Waals surface area contributed by atoms with Gasteiger partial charge in [0.1, 0.15) is 18.2 Å². The van der Waals surface area contributed by atoms with Crippen LogP contribution in [-0.4, -0.2) is 41.8 Å². The highest BCUT2D eigenvalue weighted by atomic mass is 35.5. The van der Waals surface area contributed by atoms with Crippen molar-refractivity contribution in [2.24, 2.45) is 0 Å². The first-order chi connectivity index (χ1) is 9.63. The second kappa shape index (κ2) is 5.18. The maximum atomic E-state index is 11.4. The normalized spacial score (nSPS) is 18.8. The first-order valence-electron chi connectivity index (χ1n) is 6.07. The van der Waals surface area contributed by atoms with Gasteiger partial charge < -0.3 is 9.67 Å². The topological polar surface area (TPSA) is 84.1 Å². The molecule has 1 aliphatic rings. The van der Waals surface area contributed by atoms with Crippen molar-refractivity contribution in [1.82, 2.24) is 24.6 Å². The zero-order valence-corrected chi connectivity index (χ0v) is 11.2. The van der Waals surface area contributed by atoms with Crippen LogP contribution in [0, 0.1) is 0 Å². The van der Waals surface area contributed by atoms with E-state index in [-0.39, 0.29) is 0 Å². The van der Waals surface area contributed by atoms with Gasteiger partial charge in [0.15, 0.2) is 0 Å². The smallest absolute Gasteiger partial charge is 0.322 e. The highest BCUT2D eigenvalue weighted by Gasteiger charge is 2.32. The van der Waals surface area contributed by atoms with Crippen LogP contribution in [-0.2, 0) is 24.4 Å². The summed E-state index contributed by atoms with van der Waals surface area (Å²) in [6.45, 7) is 1.20. The number of hydrogen-bond acceptors (Lipinski definition) is 5. The van der Waals surface area contributed by atoms with Crippen LogP contribution in [0.15, 0.2) is 24.7 Å². The van der Waals surface area contributed by atoms with E-state index in [0.717, 1.165) is 11.5 Å². The van der Waals surface area contributed by atoms with E-state index in [0.29, 0.717) is 24.7 Å². The molecule has 2 aromatic rings. The highest BCUT2D eigenvalue weighted by Crippen LogP contribution is 2.18. The molecule has 0 saturated heterocycles. The number of halogens is 1. The monoisotopic (exact) mass is 293 g/mol. The van der Waals surface area contributed by atoms with E-state index in [1.54, 1.807) is 29.2 Å². The SMILES string of the molecule is O=C(O)C1Cn2cnnc2CN1Cc1ccc(Cl)cn1. The molecule has 2 aromatic heterocycles. The predicted octanol–water partition coefficient (Wildman–Crippen LogP) is 0.796. The summed E-state index contributed by atoms with van der Waals surface area (Å²) in [5, 5.41) is 17.7. The fourth-order valence-corrected chi connectivity index (χ4v) is 2.37. The van der Waals surface area contributed by atoms with Crippen LogP contribution < -0.4 is 0 Å². The van der Waals surface area contributed by atoms with Crippen LogP contribution in [0.4, 0.5) is 0 Å². The zero-order valence-electron chi connectivity index (χ0n) is 10.5. The molecule has 7 nitrogen and oxygen atoms in total. The molecule has 0 spiro atoms. The minimum Gasteiger partial charge on any atom is -0.480 e. The molecule has 0 amide bonds. The summed E-state index contributed by atoms with van der Waals surface area (Å²) in [6, 6.07) is 2.92. The number of carboxylic acids is 1. The van der Waals surface area contributed by atoms with Crippen LogP contribution in [0.3, 0.4) is 0 Å². The summed E-state index contributed by atoms with van der Waals surface area (Å²) in [6.07, 6.45) is 3.11. The number of carbonyl (C=O) groups is 1. The Morgan fingerprint density at radius 1 is 1.50 bits per heavy atom. The molecule has 1 unspecified atom stereocenters. The molecule has 3 heterocycles. The minimum atomic E-state index is -0.863. The summed E-state index contributed by atoms with van der Waals surface area (Å²) in [7, 11) is 0. The van der Waals surface area contributed by atoms with E-state index in [4.69, 9.17) is 11.6 Å². The molecule has 0 radical (unpaired) electrons. The second-order valence-corrected chi connectivity index (χ2v) is 5.06. The van der Waals surface area contributed by atoms with E-state index >= 15 is 0 Å². The highest BCUT2D eigenvalue weighted by molar-refractivity contribution is 6.30. The van der Waals surface area contributed by atoms with Crippen molar-refractivity contribution in [2.45, 2.75) is 25.7 Å². The van der Waals surface area contributed by atoms with Crippen molar-refractivity contribution in [3.8, 4) is 0 Å². The number of pyridine rings is 1. The van der Waals surface area contributed by atoms with Gasteiger partial charge >= 0.3 is 5.97 Å². The molecule has 0 aromatic carbocycles. The second-order valence-electron chi connectivity index (χ2n) is 4.63. The number of rotatable bonds is 3. The molecule has 0 fully saturated rings. The zero-order chi connectivity index (χ0) is 14.1. The molecule has 1 N–H and O–H groups in total. The maximum absolute atomic E-state index is 11.4. The fourth-order valence-electron chi connectivity index (χ4n) is 2.26. The van der Waals surface area contributed by atoms with Gasteiger partial charge in [-0.25, -0.2) is 0 Å². The molecule has 1 aliphatic heterocycles. The van der Waals surface area contributed by atoms with Gasteiger partial charge in [-0.05, 0) is 12.1 Å². The van der Waals surface area contributed by atoms with E-state index in [1.165, 1.54) is 0 Å². The quantitative estimate of drug-likeness (QED) is 0.901. The fraction of sp³-hybridized carbons (Fsp3) is 0.333. The lowest BCUT2D eigenvalue weighted by molar-refractivity contribution is -0.145. The van der Waals surface area contributed by atoms with Gasteiger partial charge in [-0.3, -0.25) is 14.7 Å². The Morgan fingerprint density at radius 3 is 3.05 bits per heavy atom. The predicted molar refractivity (Wildman–Crippen MR) is 69.9 cm³/mol. The molecule has 3 rings (SSSR count). The Bertz CT molecular complexity index is 627. The summed E-state index contributed by atoms with van der Waals surface area (Å²) >= 11 is 5.79. The van der Waals surface area contributed by atoms with Crippen LogP contribution in [0.1, 0.15) is 11.5 Å². The lowest BCUT2D eigenvalue weighted by atomic mass is 10.1. The van der Waals surface area contributed by atoms with Crippen molar-refractivity contribution in [1.29, 1.82) is 0 Å². The lowest BCUT2D eigenvalue weighted by Crippen LogP contribution is -2.47. The van der Waals surface area contributed by atoms with Gasteiger partial charge in [-0.1, -0.05) is 11.6 Å². The number of aliphatic carboxylic acids is 1. The summed E-state index contributed by atoms with van der Waals surface area (Å²) < 4.78 is 1.77. The molecule has 104 valence electrons. The largest absolute Gasteiger partial charge is 0.480 e. The van der Waals surface area contributed by atoms with Gasteiger partial charge in [0.25, 0.3) is 0 Å². The average Bonchev–Trinajstić information content (AvgIpc) is 2.87.